The van der Waals surface area contributed by atoms with Gasteiger partial charge in [-0.1, -0.05) is 24.9 Å². The predicted molar refractivity (Wildman–Crippen MR) is 67.4 cm³/mol. The smallest absolute Gasteiger partial charge is 0.255 e. The van der Waals surface area contributed by atoms with E-state index in [0.717, 1.165) is 19.3 Å². The van der Waals surface area contributed by atoms with Crippen LogP contribution in [-0.4, -0.2) is 17.1 Å². The zero-order valence-corrected chi connectivity index (χ0v) is 10.5. The molecule has 0 heterocycles. The van der Waals surface area contributed by atoms with Gasteiger partial charge in [-0.2, -0.15) is 0 Å². The first kappa shape index (κ1) is 12.2. The first-order valence-corrected chi connectivity index (χ1v) is 6.25. The molecule has 2 rings (SSSR count). The van der Waals surface area contributed by atoms with Crippen LogP contribution in [0.4, 0.5) is 0 Å². The molecule has 1 aromatic rings. The number of hydrogen-bond donors (Lipinski definition) is 2. The topological polar surface area (TPSA) is 49.3 Å². The highest BCUT2D eigenvalue weighted by Gasteiger charge is 2.25. The summed E-state index contributed by atoms with van der Waals surface area (Å²) in [6, 6.07) is 4.70. The number of aromatic hydroxyl groups is 1. The van der Waals surface area contributed by atoms with Crippen LogP contribution < -0.4 is 5.32 Å². The summed E-state index contributed by atoms with van der Waals surface area (Å²) in [7, 11) is 0. The summed E-state index contributed by atoms with van der Waals surface area (Å²) >= 11 is 5.82. The van der Waals surface area contributed by atoms with Crippen molar-refractivity contribution in [1.82, 2.24) is 5.32 Å². The number of phenolic OH excluding ortho intramolecular Hbond substituents is 1. The molecule has 1 amide bonds. The first-order valence-electron chi connectivity index (χ1n) is 5.87. The van der Waals surface area contributed by atoms with Gasteiger partial charge in [0, 0.05) is 11.1 Å². The van der Waals surface area contributed by atoms with Crippen LogP contribution in [0.1, 0.15) is 36.5 Å². The number of benzene rings is 1. The van der Waals surface area contributed by atoms with E-state index in [4.69, 9.17) is 11.6 Å². The number of hydrogen-bond acceptors (Lipinski definition) is 2. The Morgan fingerprint density at radius 3 is 2.88 bits per heavy atom. The molecule has 1 aliphatic carbocycles. The van der Waals surface area contributed by atoms with Gasteiger partial charge >= 0.3 is 0 Å². The lowest BCUT2D eigenvalue weighted by atomic mass is 10.1. The minimum atomic E-state index is -0.247. The normalized spacial score (nSPS) is 23.6. The summed E-state index contributed by atoms with van der Waals surface area (Å²) in [4.78, 5) is 12.0. The Morgan fingerprint density at radius 1 is 1.47 bits per heavy atom. The van der Waals surface area contributed by atoms with Crippen molar-refractivity contribution in [2.75, 3.05) is 0 Å². The van der Waals surface area contributed by atoms with E-state index in [1.807, 2.05) is 0 Å². The van der Waals surface area contributed by atoms with Crippen LogP contribution in [-0.2, 0) is 0 Å². The molecule has 4 heteroatoms. The number of nitrogens with one attached hydrogen (secondary N) is 1. The van der Waals surface area contributed by atoms with Crippen LogP contribution in [0, 0.1) is 5.92 Å². The van der Waals surface area contributed by atoms with Crippen LogP contribution in [0.25, 0.3) is 0 Å². The number of carbonyl (C=O) groups is 1. The van der Waals surface area contributed by atoms with Crippen molar-refractivity contribution >= 4 is 17.5 Å². The summed E-state index contributed by atoms with van der Waals surface area (Å²) in [5.41, 5.74) is 0.247. The lowest BCUT2D eigenvalue weighted by Gasteiger charge is -2.17. The van der Waals surface area contributed by atoms with Crippen LogP contribution >= 0.6 is 11.6 Å². The minimum absolute atomic E-state index is 0.0300. The molecule has 1 aromatic carbocycles. The van der Waals surface area contributed by atoms with E-state index in [0.29, 0.717) is 10.9 Å². The van der Waals surface area contributed by atoms with Gasteiger partial charge in [-0.3, -0.25) is 4.79 Å². The SMILES string of the molecule is CC1CCCC1NC(=O)c1cc(Cl)ccc1O. The molecule has 17 heavy (non-hydrogen) atoms. The third-order valence-corrected chi connectivity index (χ3v) is 3.62. The van der Waals surface area contributed by atoms with Gasteiger partial charge in [-0.25, -0.2) is 0 Å². The predicted octanol–water partition coefficient (Wildman–Crippen LogP) is 2.96. The van der Waals surface area contributed by atoms with Gasteiger partial charge in [0.05, 0.1) is 5.56 Å². The fraction of sp³-hybridized carbons (Fsp3) is 0.462. The standard InChI is InChI=1S/C13H16ClNO2/c1-8-3-2-4-11(8)15-13(17)10-7-9(14)5-6-12(10)16/h5-8,11,16H,2-4H2,1H3,(H,15,17). The van der Waals surface area contributed by atoms with Crippen molar-refractivity contribution in [3.05, 3.63) is 28.8 Å². The van der Waals surface area contributed by atoms with Gasteiger partial charge in [0.1, 0.15) is 5.75 Å². The minimum Gasteiger partial charge on any atom is -0.507 e. The highest BCUT2D eigenvalue weighted by molar-refractivity contribution is 6.31. The summed E-state index contributed by atoms with van der Waals surface area (Å²) in [6.07, 6.45) is 3.30. The quantitative estimate of drug-likeness (QED) is 0.851. The van der Waals surface area contributed by atoms with Crippen molar-refractivity contribution in [3.8, 4) is 5.75 Å². The third-order valence-electron chi connectivity index (χ3n) is 3.38. The van der Waals surface area contributed by atoms with Gasteiger partial charge in [0.2, 0.25) is 0 Å². The maximum absolute atomic E-state index is 12.0. The largest absolute Gasteiger partial charge is 0.507 e. The Bertz CT molecular complexity index is 433. The average Bonchev–Trinajstić information content (AvgIpc) is 2.68. The first-order chi connectivity index (χ1) is 8.08. The second-order valence-electron chi connectivity index (χ2n) is 4.65. The van der Waals surface area contributed by atoms with Crippen LogP contribution in [0.5, 0.6) is 5.75 Å². The van der Waals surface area contributed by atoms with E-state index in [9.17, 15) is 9.90 Å². The molecule has 1 saturated carbocycles. The molecule has 2 unspecified atom stereocenters. The number of halogens is 1. The van der Waals surface area contributed by atoms with Crippen LogP contribution in [0.2, 0.25) is 5.02 Å². The Kier molecular flexibility index (Phi) is 3.57. The highest BCUT2D eigenvalue weighted by Crippen LogP contribution is 2.26. The molecular formula is C13H16ClNO2. The van der Waals surface area contributed by atoms with E-state index in [-0.39, 0.29) is 23.3 Å². The van der Waals surface area contributed by atoms with Gasteiger partial charge in [0.15, 0.2) is 0 Å². The van der Waals surface area contributed by atoms with Gasteiger partial charge in [-0.05, 0) is 37.0 Å². The molecular weight excluding hydrogens is 238 g/mol. The van der Waals surface area contributed by atoms with Crippen LogP contribution in [0.3, 0.4) is 0 Å². The van der Waals surface area contributed by atoms with Gasteiger partial charge < -0.3 is 10.4 Å². The average molecular weight is 254 g/mol. The second-order valence-corrected chi connectivity index (χ2v) is 5.09. The lowest BCUT2D eigenvalue weighted by molar-refractivity contribution is 0.0927. The van der Waals surface area contributed by atoms with Crippen molar-refractivity contribution in [3.63, 3.8) is 0 Å². The van der Waals surface area contributed by atoms with Crippen molar-refractivity contribution in [1.29, 1.82) is 0 Å². The van der Waals surface area contributed by atoms with E-state index in [1.165, 1.54) is 12.1 Å². The highest BCUT2D eigenvalue weighted by atomic mass is 35.5. The van der Waals surface area contributed by atoms with Crippen molar-refractivity contribution in [2.24, 2.45) is 5.92 Å². The number of carbonyl (C=O) groups excluding carboxylic acids is 1. The van der Waals surface area contributed by atoms with Crippen molar-refractivity contribution < 1.29 is 9.90 Å². The summed E-state index contributed by atoms with van der Waals surface area (Å²) in [6.45, 7) is 2.13. The molecule has 0 spiro atoms. The molecule has 1 fully saturated rings. The van der Waals surface area contributed by atoms with E-state index in [2.05, 4.69) is 12.2 Å². The third kappa shape index (κ3) is 2.72. The molecule has 0 aliphatic heterocycles. The Labute approximate surface area is 106 Å². The van der Waals surface area contributed by atoms with Crippen molar-refractivity contribution in [2.45, 2.75) is 32.2 Å². The zero-order chi connectivity index (χ0) is 12.4. The summed E-state index contributed by atoms with van der Waals surface area (Å²) in [5.74, 6) is 0.224. The summed E-state index contributed by atoms with van der Waals surface area (Å²) in [5, 5.41) is 13.0. The Hall–Kier alpha value is -1.22. The molecule has 0 radical (unpaired) electrons. The maximum Gasteiger partial charge on any atom is 0.255 e. The van der Waals surface area contributed by atoms with E-state index < -0.39 is 0 Å². The molecule has 2 atom stereocenters. The number of rotatable bonds is 2. The number of amides is 1. The fourth-order valence-electron chi connectivity index (χ4n) is 2.30. The van der Waals surface area contributed by atoms with Gasteiger partial charge in [0.25, 0.3) is 5.91 Å². The maximum atomic E-state index is 12.0. The monoisotopic (exact) mass is 253 g/mol. The van der Waals surface area contributed by atoms with Crippen LogP contribution in [0.15, 0.2) is 18.2 Å². The molecule has 3 nitrogen and oxygen atoms in total. The molecule has 0 saturated heterocycles. The Balaban J connectivity index is 2.11. The molecule has 0 bridgehead atoms. The van der Waals surface area contributed by atoms with E-state index in [1.54, 1.807) is 6.07 Å². The fourth-order valence-corrected chi connectivity index (χ4v) is 2.47. The lowest BCUT2D eigenvalue weighted by Crippen LogP contribution is -2.36. The number of phenols is 1. The summed E-state index contributed by atoms with van der Waals surface area (Å²) < 4.78 is 0. The zero-order valence-electron chi connectivity index (χ0n) is 9.74. The van der Waals surface area contributed by atoms with E-state index >= 15 is 0 Å². The molecule has 92 valence electrons. The Morgan fingerprint density at radius 2 is 2.24 bits per heavy atom. The molecule has 0 aromatic heterocycles. The second kappa shape index (κ2) is 4.96. The molecule has 1 aliphatic rings. The van der Waals surface area contributed by atoms with Gasteiger partial charge in [-0.15, -0.1) is 0 Å². The molecule has 2 N–H and O–H groups in total.